The van der Waals surface area contributed by atoms with Gasteiger partial charge >= 0.3 is 0 Å². The van der Waals surface area contributed by atoms with Crippen LogP contribution in [-0.4, -0.2) is 23.1 Å². The maximum absolute atomic E-state index is 12.1. The minimum Gasteiger partial charge on any atom is -0.376 e. The van der Waals surface area contributed by atoms with Gasteiger partial charge in [0.15, 0.2) is 5.78 Å². The largest absolute Gasteiger partial charge is 0.376 e. The molecule has 0 aromatic carbocycles. The maximum atomic E-state index is 12.1. The molecule has 4 nitrogen and oxygen atoms in total. The van der Waals surface area contributed by atoms with Gasteiger partial charge in [-0.25, -0.2) is 0 Å². The third-order valence-electron chi connectivity index (χ3n) is 4.07. The van der Waals surface area contributed by atoms with Crippen LogP contribution in [0.15, 0.2) is 16.9 Å². The lowest BCUT2D eigenvalue weighted by Gasteiger charge is -2.26. The SMILES string of the molecule is O=C1CCCc2c1ccc(=O)n2CC1CCCCO1. The monoisotopic (exact) mass is 261 g/mol. The molecule has 1 aromatic rings. The highest BCUT2D eigenvalue weighted by molar-refractivity contribution is 5.97. The van der Waals surface area contributed by atoms with Gasteiger partial charge in [-0.2, -0.15) is 0 Å². The first-order valence-electron chi connectivity index (χ1n) is 7.13. The second-order valence-electron chi connectivity index (χ2n) is 5.41. The van der Waals surface area contributed by atoms with Crippen LogP contribution in [0.25, 0.3) is 0 Å². The van der Waals surface area contributed by atoms with Gasteiger partial charge in [0, 0.05) is 30.4 Å². The fraction of sp³-hybridized carbons (Fsp3) is 0.600. The van der Waals surface area contributed by atoms with Crippen LogP contribution in [-0.2, 0) is 17.7 Å². The topological polar surface area (TPSA) is 48.3 Å². The molecule has 2 aliphatic rings. The molecular formula is C15H19NO3. The predicted molar refractivity (Wildman–Crippen MR) is 71.6 cm³/mol. The Balaban J connectivity index is 1.93. The molecule has 0 amide bonds. The fourth-order valence-electron chi connectivity index (χ4n) is 3.05. The zero-order valence-electron chi connectivity index (χ0n) is 11.1. The summed E-state index contributed by atoms with van der Waals surface area (Å²) < 4.78 is 7.48. The summed E-state index contributed by atoms with van der Waals surface area (Å²) in [7, 11) is 0. The summed E-state index contributed by atoms with van der Waals surface area (Å²) in [6, 6.07) is 3.21. The van der Waals surface area contributed by atoms with E-state index in [1.165, 1.54) is 6.07 Å². The number of aromatic nitrogens is 1. The van der Waals surface area contributed by atoms with E-state index in [1.807, 2.05) is 0 Å². The Kier molecular flexibility index (Phi) is 3.51. The Morgan fingerprint density at radius 1 is 1.16 bits per heavy atom. The molecule has 4 heteroatoms. The maximum Gasteiger partial charge on any atom is 0.250 e. The molecule has 1 atom stereocenters. The average molecular weight is 261 g/mol. The van der Waals surface area contributed by atoms with Gasteiger partial charge in [0.25, 0.3) is 5.56 Å². The zero-order chi connectivity index (χ0) is 13.2. The Hall–Kier alpha value is -1.42. The molecule has 1 unspecified atom stereocenters. The standard InChI is InChI=1S/C15H19NO3/c17-14-6-3-5-13-12(14)7-8-15(18)16(13)10-11-4-1-2-9-19-11/h7-8,11H,1-6,9-10H2. The highest BCUT2D eigenvalue weighted by atomic mass is 16.5. The third kappa shape index (κ3) is 2.50. The third-order valence-corrected chi connectivity index (χ3v) is 4.07. The summed E-state index contributed by atoms with van der Waals surface area (Å²) >= 11 is 0. The van der Waals surface area contributed by atoms with Gasteiger partial charge in [0.2, 0.25) is 0 Å². The Bertz CT molecular complexity index is 541. The zero-order valence-corrected chi connectivity index (χ0v) is 11.1. The minimum atomic E-state index is -0.0115. The van der Waals surface area contributed by atoms with Crippen molar-refractivity contribution < 1.29 is 9.53 Å². The van der Waals surface area contributed by atoms with Crippen LogP contribution in [0.1, 0.15) is 48.2 Å². The van der Waals surface area contributed by atoms with Crippen LogP contribution in [0, 0.1) is 0 Å². The van der Waals surface area contributed by atoms with Crippen LogP contribution in [0.4, 0.5) is 0 Å². The molecule has 0 bridgehead atoms. The lowest BCUT2D eigenvalue weighted by molar-refractivity contribution is 0.00487. The number of Topliss-reactive ketones (excluding diaryl/α,β-unsaturated/α-hetero) is 1. The van der Waals surface area contributed by atoms with Gasteiger partial charge < -0.3 is 9.30 Å². The van der Waals surface area contributed by atoms with Gasteiger partial charge in [-0.3, -0.25) is 9.59 Å². The van der Waals surface area contributed by atoms with Gasteiger partial charge in [0.05, 0.1) is 12.6 Å². The van der Waals surface area contributed by atoms with E-state index >= 15 is 0 Å². The van der Waals surface area contributed by atoms with Gasteiger partial charge in [-0.15, -0.1) is 0 Å². The Labute approximate surface area is 112 Å². The first kappa shape index (κ1) is 12.6. The van der Waals surface area contributed by atoms with Gasteiger partial charge in [-0.05, 0) is 38.2 Å². The van der Waals surface area contributed by atoms with E-state index in [4.69, 9.17) is 4.74 Å². The summed E-state index contributed by atoms with van der Waals surface area (Å²) in [6.45, 7) is 1.38. The summed E-state index contributed by atoms with van der Waals surface area (Å²) in [4.78, 5) is 24.0. The molecule has 1 fully saturated rings. The van der Waals surface area contributed by atoms with Crippen molar-refractivity contribution in [2.75, 3.05) is 6.61 Å². The van der Waals surface area contributed by atoms with Crippen molar-refractivity contribution in [2.45, 2.75) is 51.2 Å². The fourth-order valence-corrected chi connectivity index (χ4v) is 3.05. The highest BCUT2D eigenvalue weighted by Crippen LogP contribution is 2.21. The van der Waals surface area contributed by atoms with Crippen LogP contribution in [0.5, 0.6) is 0 Å². The van der Waals surface area contributed by atoms with Crippen molar-refractivity contribution in [3.8, 4) is 0 Å². The van der Waals surface area contributed by atoms with Gasteiger partial charge in [0.1, 0.15) is 0 Å². The molecular weight excluding hydrogens is 242 g/mol. The molecule has 1 aliphatic heterocycles. The van der Waals surface area contributed by atoms with Crippen LogP contribution >= 0.6 is 0 Å². The molecule has 0 radical (unpaired) electrons. The number of rotatable bonds is 2. The van der Waals surface area contributed by atoms with Gasteiger partial charge in [-0.1, -0.05) is 0 Å². The minimum absolute atomic E-state index is 0.0115. The molecule has 1 aromatic heterocycles. The van der Waals surface area contributed by atoms with Crippen molar-refractivity contribution in [3.05, 3.63) is 33.7 Å². The van der Waals surface area contributed by atoms with Crippen molar-refractivity contribution in [2.24, 2.45) is 0 Å². The summed E-state index contributed by atoms with van der Waals surface area (Å²) in [5.41, 5.74) is 1.64. The number of ether oxygens (including phenoxy) is 1. The average Bonchev–Trinajstić information content (AvgIpc) is 2.43. The quantitative estimate of drug-likeness (QED) is 0.817. The van der Waals surface area contributed by atoms with Crippen molar-refractivity contribution in [1.82, 2.24) is 4.57 Å². The van der Waals surface area contributed by atoms with Crippen LogP contribution in [0.2, 0.25) is 0 Å². The predicted octanol–water partition coefficient (Wildman–Crippen LogP) is 1.94. The smallest absolute Gasteiger partial charge is 0.250 e. The number of hydrogen-bond donors (Lipinski definition) is 0. The molecule has 0 saturated carbocycles. The number of carbonyl (C=O) groups excluding carboxylic acids is 1. The Morgan fingerprint density at radius 2 is 2.05 bits per heavy atom. The lowest BCUT2D eigenvalue weighted by Crippen LogP contribution is -2.34. The van der Waals surface area contributed by atoms with E-state index in [9.17, 15) is 9.59 Å². The number of ketones is 1. The number of carbonyl (C=O) groups is 1. The van der Waals surface area contributed by atoms with Crippen molar-refractivity contribution >= 4 is 5.78 Å². The molecule has 0 N–H and O–H groups in total. The van der Waals surface area contributed by atoms with E-state index in [0.717, 1.165) is 50.0 Å². The van der Waals surface area contributed by atoms with Crippen LogP contribution in [0.3, 0.4) is 0 Å². The molecule has 0 spiro atoms. The van der Waals surface area contributed by atoms with E-state index in [0.29, 0.717) is 13.0 Å². The van der Waals surface area contributed by atoms with Crippen molar-refractivity contribution in [3.63, 3.8) is 0 Å². The second kappa shape index (κ2) is 5.29. The molecule has 1 aliphatic carbocycles. The lowest BCUT2D eigenvalue weighted by atomic mass is 9.94. The Morgan fingerprint density at radius 3 is 2.84 bits per heavy atom. The summed E-state index contributed by atoms with van der Waals surface area (Å²) in [6.07, 6.45) is 5.67. The van der Waals surface area contributed by atoms with E-state index < -0.39 is 0 Å². The van der Waals surface area contributed by atoms with E-state index in [2.05, 4.69) is 0 Å². The summed E-state index contributed by atoms with van der Waals surface area (Å²) in [5, 5.41) is 0. The molecule has 102 valence electrons. The first-order chi connectivity index (χ1) is 9.25. The molecule has 2 heterocycles. The number of pyridine rings is 1. The number of hydrogen-bond acceptors (Lipinski definition) is 3. The van der Waals surface area contributed by atoms with E-state index in [-0.39, 0.29) is 17.4 Å². The second-order valence-corrected chi connectivity index (χ2v) is 5.41. The summed E-state index contributed by atoms with van der Waals surface area (Å²) in [5.74, 6) is 0.166. The van der Waals surface area contributed by atoms with E-state index in [1.54, 1.807) is 10.6 Å². The van der Waals surface area contributed by atoms with Crippen LogP contribution < -0.4 is 5.56 Å². The molecule has 1 saturated heterocycles. The molecule has 19 heavy (non-hydrogen) atoms. The normalized spacial score (nSPS) is 23.2. The first-order valence-corrected chi connectivity index (χ1v) is 7.13. The molecule has 3 rings (SSSR count). The van der Waals surface area contributed by atoms with Crippen molar-refractivity contribution in [1.29, 1.82) is 0 Å². The number of nitrogens with zero attached hydrogens (tertiary/aromatic N) is 1. The highest BCUT2D eigenvalue weighted by Gasteiger charge is 2.23. The number of fused-ring (bicyclic) bond motifs is 1.